The summed E-state index contributed by atoms with van der Waals surface area (Å²) >= 11 is 0. The smallest absolute Gasteiger partial charge is 0.339 e. The van der Waals surface area contributed by atoms with Crippen LogP contribution in [-0.4, -0.2) is 49.6 Å². The van der Waals surface area contributed by atoms with Crippen molar-refractivity contribution in [3.8, 4) is 0 Å². The normalized spacial score (nSPS) is 16.9. The molecule has 0 saturated carbocycles. The number of rotatable bonds is 6. The van der Waals surface area contributed by atoms with Gasteiger partial charge in [-0.3, -0.25) is 4.98 Å². The lowest BCUT2D eigenvalue weighted by atomic mass is 9.94. The first-order valence-corrected chi connectivity index (χ1v) is 7.61. The number of piperidine rings is 1. The molecule has 0 unspecified atom stereocenters. The number of pyridine rings is 1. The summed E-state index contributed by atoms with van der Waals surface area (Å²) in [5, 5.41) is 3.43. The molecule has 0 amide bonds. The number of nitrogens with one attached hydrogen (secondary N) is 1. The van der Waals surface area contributed by atoms with Crippen molar-refractivity contribution in [2.24, 2.45) is 5.92 Å². The maximum atomic E-state index is 11.3. The van der Waals surface area contributed by atoms with Gasteiger partial charge in [0.1, 0.15) is 0 Å². The SMILES string of the molecule is COC(=O)c1ccc(CNCCC2CCN(C)CC2)nc1. The maximum absolute atomic E-state index is 11.3. The summed E-state index contributed by atoms with van der Waals surface area (Å²) in [7, 11) is 3.57. The zero-order chi connectivity index (χ0) is 15.1. The van der Waals surface area contributed by atoms with E-state index in [1.807, 2.05) is 6.07 Å². The molecule has 2 rings (SSSR count). The van der Waals surface area contributed by atoms with E-state index in [-0.39, 0.29) is 5.97 Å². The van der Waals surface area contributed by atoms with Gasteiger partial charge in [0.25, 0.3) is 0 Å². The molecule has 5 heteroatoms. The second-order valence-electron chi connectivity index (χ2n) is 5.74. The van der Waals surface area contributed by atoms with Gasteiger partial charge in [0, 0.05) is 12.7 Å². The van der Waals surface area contributed by atoms with E-state index in [4.69, 9.17) is 0 Å². The van der Waals surface area contributed by atoms with Crippen LogP contribution >= 0.6 is 0 Å². The number of esters is 1. The van der Waals surface area contributed by atoms with Crippen LogP contribution in [0.5, 0.6) is 0 Å². The molecule has 1 fully saturated rings. The molecule has 0 aliphatic carbocycles. The minimum absolute atomic E-state index is 0.343. The topological polar surface area (TPSA) is 54.5 Å². The van der Waals surface area contributed by atoms with Crippen molar-refractivity contribution < 1.29 is 9.53 Å². The van der Waals surface area contributed by atoms with Crippen molar-refractivity contribution in [1.82, 2.24) is 15.2 Å². The van der Waals surface area contributed by atoms with Gasteiger partial charge in [-0.05, 0) is 64.0 Å². The molecule has 1 N–H and O–H groups in total. The molecule has 0 atom stereocenters. The summed E-state index contributed by atoms with van der Waals surface area (Å²) < 4.78 is 4.65. The summed E-state index contributed by atoms with van der Waals surface area (Å²) in [6.07, 6.45) is 5.42. The number of hydrogen-bond acceptors (Lipinski definition) is 5. The molecule has 0 spiro atoms. The molecule has 1 aliphatic heterocycles. The highest BCUT2D eigenvalue weighted by atomic mass is 16.5. The first kappa shape index (κ1) is 15.9. The van der Waals surface area contributed by atoms with Gasteiger partial charge in [-0.2, -0.15) is 0 Å². The number of hydrogen-bond donors (Lipinski definition) is 1. The molecular formula is C16H25N3O2. The third kappa shape index (κ3) is 5.10. The second kappa shape index (κ2) is 8.10. The van der Waals surface area contributed by atoms with E-state index in [1.165, 1.54) is 39.5 Å². The van der Waals surface area contributed by atoms with E-state index >= 15 is 0 Å². The van der Waals surface area contributed by atoms with Gasteiger partial charge in [0.05, 0.1) is 18.4 Å². The van der Waals surface area contributed by atoms with Gasteiger partial charge in [0.15, 0.2) is 0 Å². The van der Waals surface area contributed by atoms with Crippen molar-refractivity contribution in [2.45, 2.75) is 25.8 Å². The summed E-state index contributed by atoms with van der Waals surface area (Å²) in [5.74, 6) is 0.507. The summed E-state index contributed by atoms with van der Waals surface area (Å²) in [6.45, 7) is 4.21. The molecular weight excluding hydrogens is 266 g/mol. The van der Waals surface area contributed by atoms with E-state index in [0.717, 1.165) is 24.7 Å². The number of nitrogens with zero attached hydrogens (tertiary/aromatic N) is 2. The van der Waals surface area contributed by atoms with E-state index < -0.39 is 0 Å². The fourth-order valence-corrected chi connectivity index (χ4v) is 2.64. The number of carbonyl (C=O) groups excluding carboxylic acids is 1. The van der Waals surface area contributed by atoms with Crippen LogP contribution in [0.25, 0.3) is 0 Å². The summed E-state index contributed by atoms with van der Waals surface area (Å²) in [5.41, 5.74) is 1.44. The minimum atomic E-state index is -0.343. The van der Waals surface area contributed by atoms with Crippen molar-refractivity contribution in [2.75, 3.05) is 33.8 Å². The summed E-state index contributed by atoms with van der Waals surface area (Å²) in [6, 6.07) is 3.63. The van der Waals surface area contributed by atoms with Gasteiger partial charge < -0.3 is 15.0 Å². The quantitative estimate of drug-likeness (QED) is 0.638. The van der Waals surface area contributed by atoms with Crippen LogP contribution in [0.2, 0.25) is 0 Å². The van der Waals surface area contributed by atoms with Gasteiger partial charge in [-0.25, -0.2) is 4.79 Å². The van der Waals surface area contributed by atoms with Gasteiger partial charge in [-0.15, -0.1) is 0 Å². The van der Waals surface area contributed by atoms with E-state index in [2.05, 4.69) is 27.0 Å². The van der Waals surface area contributed by atoms with Gasteiger partial charge in [0.2, 0.25) is 0 Å². The van der Waals surface area contributed by atoms with Crippen LogP contribution in [0.4, 0.5) is 0 Å². The minimum Gasteiger partial charge on any atom is -0.465 e. The molecule has 5 nitrogen and oxygen atoms in total. The van der Waals surface area contributed by atoms with Crippen LogP contribution in [0.15, 0.2) is 18.3 Å². The first-order valence-electron chi connectivity index (χ1n) is 7.61. The van der Waals surface area contributed by atoms with Crippen LogP contribution in [0.3, 0.4) is 0 Å². The van der Waals surface area contributed by atoms with E-state index in [9.17, 15) is 4.79 Å². The highest BCUT2D eigenvalue weighted by molar-refractivity contribution is 5.88. The number of carbonyl (C=O) groups is 1. The fourth-order valence-electron chi connectivity index (χ4n) is 2.64. The van der Waals surface area contributed by atoms with Crippen molar-refractivity contribution >= 4 is 5.97 Å². The van der Waals surface area contributed by atoms with Crippen LogP contribution in [0, 0.1) is 5.92 Å². The number of aromatic nitrogens is 1. The van der Waals surface area contributed by atoms with Crippen molar-refractivity contribution in [3.05, 3.63) is 29.6 Å². The Morgan fingerprint density at radius 1 is 1.43 bits per heavy atom. The van der Waals surface area contributed by atoms with Crippen LogP contribution in [0.1, 0.15) is 35.3 Å². The molecule has 1 aliphatic rings. The molecule has 0 radical (unpaired) electrons. The summed E-state index contributed by atoms with van der Waals surface area (Å²) in [4.78, 5) is 18.0. The Morgan fingerprint density at radius 3 is 2.81 bits per heavy atom. The molecule has 0 aromatic carbocycles. The second-order valence-corrected chi connectivity index (χ2v) is 5.74. The third-order valence-corrected chi connectivity index (χ3v) is 4.12. The predicted molar refractivity (Wildman–Crippen MR) is 82.1 cm³/mol. The molecule has 2 heterocycles. The monoisotopic (exact) mass is 291 g/mol. The van der Waals surface area contributed by atoms with Crippen LogP contribution in [-0.2, 0) is 11.3 Å². The lowest BCUT2D eigenvalue weighted by molar-refractivity contribution is 0.0600. The lowest BCUT2D eigenvalue weighted by Gasteiger charge is -2.28. The predicted octanol–water partition coefficient (Wildman–Crippen LogP) is 1.69. The lowest BCUT2D eigenvalue weighted by Crippen LogP contribution is -2.31. The van der Waals surface area contributed by atoms with Crippen molar-refractivity contribution in [1.29, 1.82) is 0 Å². The van der Waals surface area contributed by atoms with Gasteiger partial charge >= 0.3 is 5.97 Å². The molecule has 1 aromatic heterocycles. The average molecular weight is 291 g/mol. The highest BCUT2D eigenvalue weighted by Gasteiger charge is 2.15. The Hall–Kier alpha value is -1.46. The Balaban J connectivity index is 1.65. The molecule has 0 bridgehead atoms. The Kier molecular flexibility index (Phi) is 6.14. The number of methoxy groups -OCH3 is 1. The first-order chi connectivity index (χ1) is 10.2. The molecule has 1 aromatic rings. The van der Waals surface area contributed by atoms with E-state index in [1.54, 1.807) is 12.3 Å². The Labute approximate surface area is 126 Å². The maximum Gasteiger partial charge on any atom is 0.339 e. The third-order valence-electron chi connectivity index (χ3n) is 4.12. The standard InChI is InChI=1S/C16H25N3O2/c1-19-9-6-13(7-10-19)5-8-17-12-15-4-3-14(11-18-15)16(20)21-2/h3-4,11,13,17H,5-10,12H2,1-2H3. The van der Waals surface area contributed by atoms with Gasteiger partial charge in [-0.1, -0.05) is 0 Å². The van der Waals surface area contributed by atoms with E-state index in [0.29, 0.717) is 5.56 Å². The largest absolute Gasteiger partial charge is 0.465 e. The number of likely N-dealkylation sites (tertiary alicyclic amines) is 1. The zero-order valence-electron chi connectivity index (χ0n) is 13.0. The Morgan fingerprint density at radius 2 is 2.19 bits per heavy atom. The van der Waals surface area contributed by atoms with Crippen LogP contribution < -0.4 is 5.32 Å². The molecule has 116 valence electrons. The molecule has 1 saturated heterocycles. The Bertz CT molecular complexity index is 439. The molecule has 21 heavy (non-hydrogen) atoms. The highest BCUT2D eigenvalue weighted by Crippen LogP contribution is 2.18. The fraction of sp³-hybridized carbons (Fsp3) is 0.625. The zero-order valence-corrected chi connectivity index (χ0v) is 13.0. The van der Waals surface area contributed by atoms with Crippen molar-refractivity contribution in [3.63, 3.8) is 0 Å². The number of ether oxygens (including phenoxy) is 1. The average Bonchev–Trinajstić information content (AvgIpc) is 2.53.